The van der Waals surface area contributed by atoms with Crippen LogP contribution in [0.4, 0.5) is 16.2 Å². The van der Waals surface area contributed by atoms with Gasteiger partial charge in [0.1, 0.15) is 0 Å². The maximum absolute atomic E-state index is 11.5. The summed E-state index contributed by atoms with van der Waals surface area (Å²) in [5.74, 6) is 0. The van der Waals surface area contributed by atoms with Gasteiger partial charge >= 0.3 is 5.37 Å². The lowest BCUT2D eigenvalue weighted by Crippen LogP contribution is -2.18. The molecular weight excluding hydrogens is 351 g/mol. The summed E-state index contributed by atoms with van der Waals surface area (Å²) in [6, 6.07) is 15.8. The monoisotopic (exact) mass is 358 g/mol. The summed E-state index contributed by atoms with van der Waals surface area (Å²) < 4.78 is 1.40. The van der Waals surface area contributed by atoms with Crippen LogP contribution in [0.2, 0.25) is 5.02 Å². The second-order valence-electron chi connectivity index (χ2n) is 3.82. The molecule has 0 aromatic heterocycles. The molecule has 2 rings (SSSR count). The van der Waals surface area contributed by atoms with Gasteiger partial charge in [0.25, 0.3) is 0 Å². The zero-order chi connectivity index (χ0) is 15.2. The van der Waals surface area contributed by atoms with E-state index in [9.17, 15) is 4.79 Å². The highest BCUT2D eigenvalue weighted by molar-refractivity contribution is 8.18. The van der Waals surface area contributed by atoms with E-state index >= 15 is 0 Å². The van der Waals surface area contributed by atoms with Crippen molar-refractivity contribution in [2.45, 2.75) is 0 Å². The van der Waals surface area contributed by atoms with E-state index in [1.165, 1.54) is 4.31 Å². The van der Waals surface area contributed by atoms with Crippen LogP contribution in [0.1, 0.15) is 0 Å². The Morgan fingerprint density at radius 2 is 1.62 bits per heavy atom. The highest BCUT2D eigenvalue weighted by Gasteiger charge is 2.16. The van der Waals surface area contributed by atoms with Crippen molar-refractivity contribution in [1.29, 1.82) is 0 Å². The first kappa shape index (κ1) is 16.2. The molecule has 0 bridgehead atoms. The van der Waals surface area contributed by atoms with Gasteiger partial charge in [-0.1, -0.05) is 41.4 Å². The normalized spacial score (nSPS) is 11.3. The standard InChI is InChI=1S/C14H9Cl3N2OS/c15-10-6-8-12(9-7-10)19(14(17)20)21-13(16)18-11-4-2-1-3-5-11/h1-9H. The molecule has 0 aliphatic carbocycles. The molecular formula is C14H9Cl3N2OS. The first-order valence-corrected chi connectivity index (χ1v) is 7.69. The molecule has 0 unspecified atom stereocenters. The Morgan fingerprint density at radius 3 is 2.19 bits per heavy atom. The van der Waals surface area contributed by atoms with Crippen molar-refractivity contribution in [3.05, 3.63) is 59.6 Å². The molecule has 0 heterocycles. The van der Waals surface area contributed by atoms with Gasteiger partial charge in [0.05, 0.1) is 11.4 Å². The van der Waals surface area contributed by atoms with Gasteiger partial charge in [-0.25, -0.2) is 9.30 Å². The maximum Gasteiger partial charge on any atom is 0.331 e. The Balaban J connectivity index is 2.19. The second kappa shape index (κ2) is 7.71. The van der Waals surface area contributed by atoms with E-state index in [-0.39, 0.29) is 4.50 Å². The van der Waals surface area contributed by atoms with Crippen LogP contribution in [-0.4, -0.2) is 9.87 Å². The quantitative estimate of drug-likeness (QED) is 0.214. The third kappa shape index (κ3) is 4.93. The number of carbonyl (C=O) groups is 1. The van der Waals surface area contributed by atoms with Crippen LogP contribution in [0.3, 0.4) is 0 Å². The lowest BCUT2D eigenvalue weighted by molar-refractivity contribution is 0.267. The molecule has 21 heavy (non-hydrogen) atoms. The predicted molar refractivity (Wildman–Crippen MR) is 92.2 cm³/mol. The van der Waals surface area contributed by atoms with Crippen molar-refractivity contribution in [2.24, 2.45) is 4.99 Å². The zero-order valence-electron chi connectivity index (χ0n) is 10.5. The second-order valence-corrected chi connectivity index (χ2v) is 6.09. The first-order chi connectivity index (χ1) is 10.1. The molecule has 2 aromatic carbocycles. The third-order valence-electron chi connectivity index (χ3n) is 2.36. The van der Waals surface area contributed by atoms with Crippen LogP contribution in [0.25, 0.3) is 0 Å². The third-order valence-corrected chi connectivity index (χ3v) is 3.97. The number of para-hydroxylation sites is 1. The van der Waals surface area contributed by atoms with E-state index in [1.807, 2.05) is 18.2 Å². The van der Waals surface area contributed by atoms with Crippen LogP contribution in [0, 0.1) is 0 Å². The van der Waals surface area contributed by atoms with E-state index in [0.717, 1.165) is 11.9 Å². The highest BCUT2D eigenvalue weighted by atomic mass is 35.5. The summed E-state index contributed by atoms with van der Waals surface area (Å²) in [5.41, 5.74) is 1.25. The van der Waals surface area contributed by atoms with Gasteiger partial charge in [-0.15, -0.1) is 0 Å². The van der Waals surface area contributed by atoms with Crippen molar-refractivity contribution in [1.82, 2.24) is 0 Å². The molecule has 0 spiro atoms. The number of carbonyl (C=O) groups excluding carboxylic acids is 1. The van der Waals surface area contributed by atoms with Gasteiger partial charge in [-0.2, -0.15) is 0 Å². The molecule has 7 heteroatoms. The first-order valence-electron chi connectivity index (χ1n) is 5.78. The summed E-state index contributed by atoms with van der Waals surface area (Å²) in [5, 5.41) is -0.112. The minimum Gasteiger partial charge on any atom is -0.254 e. The fourth-order valence-corrected chi connectivity index (χ4v) is 2.69. The van der Waals surface area contributed by atoms with E-state index in [2.05, 4.69) is 4.99 Å². The van der Waals surface area contributed by atoms with Crippen LogP contribution in [0.5, 0.6) is 0 Å². The molecule has 0 radical (unpaired) electrons. The van der Waals surface area contributed by atoms with E-state index < -0.39 is 5.37 Å². The van der Waals surface area contributed by atoms with Gasteiger partial charge in [0.15, 0.2) is 4.50 Å². The highest BCUT2D eigenvalue weighted by Crippen LogP contribution is 2.29. The van der Waals surface area contributed by atoms with Gasteiger partial charge in [0.2, 0.25) is 0 Å². The molecule has 0 aliphatic heterocycles. The van der Waals surface area contributed by atoms with Crippen LogP contribution >= 0.6 is 46.8 Å². The molecule has 0 aliphatic rings. The minimum atomic E-state index is -0.677. The van der Waals surface area contributed by atoms with Crippen LogP contribution < -0.4 is 4.31 Å². The summed E-state index contributed by atoms with van der Waals surface area (Å²) in [7, 11) is 0. The van der Waals surface area contributed by atoms with Crippen molar-refractivity contribution in [3.8, 4) is 0 Å². The molecule has 0 saturated heterocycles. The van der Waals surface area contributed by atoms with Gasteiger partial charge in [0, 0.05) is 17.0 Å². The zero-order valence-corrected chi connectivity index (χ0v) is 13.6. The van der Waals surface area contributed by atoms with Gasteiger partial charge in [-0.05, 0) is 48.0 Å². The molecule has 0 N–H and O–H groups in total. The van der Waals surface area contributed by atoms with Crippen molar-refractivity contribution < 1.29 is 4.79 Å². The number of amides is 1. The fourth-order valence-electron chi connectivity index (χ4n) is 1.47. The Labute approximate surface area is 141 Å². The topological polar surface area (TPSA) is 32.7 Å². The number of hydrogen-bond donors (Lipinski definition) is 0. The van der Waals surface area contributed by atoms with Crippen molar-refractivity contribution in [2.75, 3.05) is 4.31 Å². The fraction of sp³-hybridized carbons (Fsp3) is 0. The lowest BCUT2D eigenvalue weighted by atomic mass is 10.3. The minimum absolute atomic E-state index is 0.171. The number of benzene rings is 2. The van der Waals surface area contributed by atoms with Crippen LogP contribution in [-0.2, 0) is 0 Å². The van der Waals surface area contributed by atoms with E-state index in [0.29, 0.717) is 16.4 Å². The predicted octanol–water partition coefficient (Wildman–Crippen LogP) is 6.08. The number of hydrogen-bond acceptors (Lipinski definition) is 3. The number of aliphatic imine (C=N–C) groups is 1. The Bertz CT molecular complexity index is 647. The van der Waals surface area contributed by atoms with Crippen molar-refractivity contribution in [3.63, 3.8) is 0 Å². The Hall–Kier alpha value is -1.20. The largest absolute Gasteiger partial charge is 0.331 e. The number of nitrogens with zero attached hydrogens (tertiary/aromatic N) is 2. The summed E-state index contributed by atoms with van der Waals surface area (Å²) in [4.78, 5) is 15.7. The SMILES string of the molecule is O=C(Cl)N(SC(Cl)=Nc1ccccc1)c1ccc(Cl)cc1. The molecule has 3 nitrogen and oxygen atoms in total. The number of halogens is 3. The molecule has 0 saturated carbocycles. The summed E-state index contributed by atoms with van der Waals surface area (Å²) in [6.07, 6.45) is 0. The molecule has 1 amide bonds. The maximum atomic E-state index is 11.5. The smallest absolute Gasteiger partial charge is 0.254 e. The molecule has 0 atom stereocenters. The number of rotatable bonds is 2. The van der Waals surface area contributed by atoms with Gasteiger partial charge in [-0.3, -0.25) is 4.79 Å². The van der Waals surface area contributed by atoms with Crippen molar-refractivity contribution >= 4 is 68.0 Å². The number of anilines is 1. The molecule has 108 valence electrons. The average Bonchev–Trinajstić information content (AvgIpc) is 2.47. The lowest BCUT2D eigenvalue weighted by Gasteiger charge is -2.17. The van der Waals surface area contributed by atoms with Gasteiger partial charge < -0.3 is 0 Å². The van der Waals surface area contributed by atoms with Crippen LogP contribution in [0.15, 0.2) is 59.6 Å². The Kier molecular flexibility index (Phi) is 5.94. The average molecular weight is 360 g/mol. The Morgan fingerprint density at radius 1 is 1.00 bits per heavy atom. The van der Waals surface area contributed by atoms with E-state index in [1.54, 1.807) is 36.4 Å². The van der Waals surface area contributed by atoms with E-state index in [4.69, 9.17) is 34.8 Å². The molecule has 2 aromatic rings. The summed E-state index contributed by atoms with van der Waals surface area (Å²) >= 11 is 18.4. The summed E-state index contributed by atoms with van der Waals surface area (Å²) in [6.45, 7) is 0. The molecule has 0 fully saturated rings.